The highest BCUT2D eigenvalue weighted by molar-refractivity contribution is 5.92. The summed E-state index contributed by atoms with van der Waals surface area (Å²) >= 11 is 0. The predicted octanol–water partition coefficient (Wildman–Crippen LogP) is 2.05. The number of aromatic carboxylic acids is 1. The fourth-order valence-electron chi connectivity index (χ4n) is 2.63. The van der Waals surface area contributed by atoms with Crippen molar-refractivity contribution in [1.82, 2.24) is 15.0 Å². The van der Waals surface area contributed by atoms with E-state index < -0.39 is 5.97 Å². The van der Waals surface area contributed by atoms with Gasteiger partial charge in [-0.2, -0.15) is 0 Å². The van der Waals surface area contributed by atoms with Gasteiger partial charge in [0.2, 0.25) is 5.91 Å². The average molecular weight is 314 g/mol. The molecule has 0 bridgehead atoms. The van der Waals surface area contributed by atoms with E-state index in [4.69, 9.17) is 0 Å². The number of hydrogen-bond acceptors (Lipinski definition) is 4. The van der Waals surface area contributed by atoms with Crippen LogP contribution >= 0.6 is 0 Å². The van der Waals surface area contributed by atoms with E-state index in [2.05, 4.69) is 15.6 Å². The van der Waals surface area contributed by atoms with Gasteiger partial charge in [0.05, 0.1) is 5.69 Å². The molecule has 1 fully saturated rings. The lowest BCUT2D eigenvalue weighted by molar-refractivity contribution is -0.117. The quantitative estimate of drug-likeness (QED) is 0.850. The Hall–Kier alpha value is -2.70. The van der Waals surface area contributed by atoms with Crippen molar-refractivity contribution in [2.24, 2.45) is 0 Å². The number of aromatic nitrogens is 3. The van der Waals surface area contributed by atoms with Crippen LogP contribution in [0.3, 0.4) is 0 Å². The summed E-state index contributed by atoms with van der Waals surface area (Å²) in [4.78, 5) is 23.5. The summed E-state index contributed by atoms with van der Waals surface area (Å²) in [7, 11) is 0. The summed E-state index contributed by atoms with van der Waals surface area (Å²) in [5.41, 5.74) is 2.32. The van der Waals surface area contributed by atoms with E-state index >= 15 is 0 Å². The van der Waals surface area contributed by atoms with Crippen LogP contribution in [0.5, 0.6) is 0 Å². The average Bonchev–Trinajstić information content (AvgIpc) is 3.28. The van der Waals surface area contributed by atoms with Crippen LogP contribution in [0.15, 0.2) is 24.3 Å². The highest BCUT2D eigenvalue weighted by Gasteiger charge is 2.34. The van der Waals surface area contributed by atoms with Crippen molar-refractivity contribution >= 4 is 17.6 Å². The van der Waals surface area contributed by atoms with Crippen molar-refractivity contribution in [3.05, 3.63) is 41.2 Å². The van der Waals surface area contributed by atoms with Gasteiger partial charge in [-0.1, -0.05) is 30.3 Å². The van der Waals surface area contributed by atoms with E-state index in [0.717, 1.165) is 30.5 Å². The van der Waals surface area contributed by atoms with E-state index in [1.54, 1.807) is 0 Å². The van der Waals surface area contributed by atoms with Crippen molar-refractivity contribution < 1.29 is 14.7 Å². The maximum Gasteiger partial charge on any atom is 0.358 e. The number of benzene rings is 1. The number of amides is 1. The lowest BCUT2D eigenvalue weighted by Gasteiger charge is -2.10. The molecule has 0 aliphatic heterocycles. The number of anilines is 1. The maximum atomic E-state index is 12.3. The molecule has 120 valence electrons. The van der Waals surface area contributed by atoms with Crippen molar-refractivity contribution in [2.75, 3.05) is 5.32 Å². The van der Waals surface area contributed by atoms with Crippen molar-refractivity contribution in [2.45, 2.75) is 38.6 Å². The van der Waals surface area contributed by atoms with Gasteiger partial charge in [0.25, 0.3) is 0 Å². The van der Waals surface area contributed by atoms with Gasteiger partial charge in [-0.05, 0) is 30.9 Å². The van der Waals surface area contributed by atoms with Crippen LogP contribution in [-0.2, 0) is 17.8 Å². The summed E-state index contributed by atoms with van der Waals surface area (Å²) in [5.74, 6) is -1.20. The van der Waals surface area contributed by atoms with Crippen LogP contribution in [0.25, 0.3) is 0 Å². The molecule has 2 N–H and O–H groups in total. The smallest absolute Gasteiger partial charge is 0.358 e. The third-order valence-electron chi connectivity index (χ3n) is 3.91. The van der Waals surface area contributed by atoms with Gasteiger partial charge in [-0.25, -0.2) is 9.48 Å². The Labute approximate surface area is 133 Å². The van der Waals surface area contributed by atoms with Crippen LogP contribution in [0, 0.1) is 0 Å². The highest BCUT2D eigenvalue weighted by Crippen LogP contribution is 2.41. The van der Waals surface area contributed by atoms with Crippen molar-refractivity contribution in [3.63, 3.8) is 0 Å². The molecular weight excluding hydrogens is 296 g/mol. The second-order valence-corrected chi connectivity index (χ2v) is 5.62. The maximum absolute atomic E-state index is 12.3. The van der Waals surface area contributed by atoms with Crippen molar-refractivity contribution in [1.29, 1.82) is 0 Å². The second kappa shape index (κ2) is 6.20. The standard InChI is InChI=1S/C16H18N4O3/c1-2-10-5-3-4-6-12(10)17-13(21)9-20-15(11-7-8-11)14(16(22)23)18-19-20/h3-6,11H,2,7-9H2,1H3,(H,17,21)(H,22,23). The normalized spacial score (nSPS) is 13.8. The molecule has 23 heavy (non-hydrogen) atoms. The molecule has 0 atom stereocenters. The lowest BCUT2D eigenvalue weighted by atomic mass is 10.1. The Kier molecular flexibility index (Phi) is 4.10. The zero-order valence-electron chi connectivity index (χ0n) is 12.8. The number of carboxylic acid groups (broad SMARTS) is 1. The van der Waals surface area contributed by atoms with E-state index in [-0.39, 0.29) is 24.1 Å². The number of hydrogen-bond donors (Lipinski definition) is 2. The largest absolute Gasteiger partial charge is 0.476 e. The molecule has 7 nitrogen and oxygen atoms in total. The summed E-state index contributed by atoms with van der Waals surface area (Å²) in [6.07, 6.45) is 2.64. The van der Waals surface area contributed by atoms with E-state index in [9.17, 15) is 14.7 Å². The monoisotopic (exact) mass is 314 g/mol. The Morgan fingerprint density at radius 3 is 2.74 bits per heavy atom. The first-order valence-electron chi connectivity index (χ1n) is 7.64. The molecule has 2 aromatic rings. The van der Waals surface area contributed by atoms with Crippen LogP contribution in [0.1, 0.15) is 47.4 Å². The molecule has 1 aromatic heterocycles. The van der Waals surface area contributed by atoms with Gasteiger partial charge < -0.3 is 10.4 Å². The van der Waals surface area contributed by atoms with E-state index in [0.29, 0.717) is 5.69 Å². The molecule has 3 rings (SSSR count). The minimum absolute atomic E-state index is 0.0375. The van der Waals surface area contributed by atoms with Gasteiger partial charge in [-0.3, -0.25) is 4.79 Å². The summed E-state index contributed by atoms with van der Waals surface area (Å²) < 4.78 is 1.41. The number of carbonyl (C=O) groups is 2. The zero-order chi connectivity index (χ0) is 16.4. The molecule has 0 unspecified atom stereocenters. The van der Waals surface area contributed by atoms with Crippen LogP contribution in [-0.4, -0.2) is 32.0 Å². The number of rotatable bonds is 6. The third-order valence-corrected chi connectivity index (χ3v) is 3.91. The molecule has 1 aliphatic rings. The molecular formula is C16H18N4O3. The summed E-state index contributed by atoms with van der Waals surface area (Å²) in [6, 6.07) is 7.60. The molecule has 7 heteroatoms. The topological polar surface area (TPSA) is 97.1 Å². The number of carbonyl (C=O) groups excluding carboxylic acids is 1. The second-order valence-electron chi connectivity index (χ2n) is 5.62. The van der Waals surface area contributed by atoms with Gasteiger partial charge in [0, 0.05) is 11.6 Å². The fourth-order valence-corrected chi connectivity index (χ4v) is 2.63. The minimum Gasteiger partial charge on any atom is -0.476 e. The molecule has 1 amide bonds. The lowest BCUT2D eigenvalue weighted by Crippen LogP contribution is -2.21. The Bertz CT molecular complexity index is 750. The Morgan fingerprint density at radius 2 is 2.09 bits per heavy atom. The number of para-hydroxylation sites is 1. The number of nitrogens with zero attached hydrogens (tertiary/aromatic N) is 3. The van der Waals surface area contributed by atoms with Gasteiger partial charge in [0.1, 0.15) is 6.54 Å². The predicted molar refractivity (Wildman–Crippen MR) is 83.4 cm³/mol. The molecule has 0 saturated heterocycles. The van der Waals surface area contributed by atoms with E-state index in [1.165, 1.54) is 4.68 Å². The first kappa shape index (κ1) is 15.2. The van der Waals surface area contributed by atoms with Crippen molar-refractivity contribution in [3.8, 4) is 0 Å². The zero-order valence-corrected chi connectivity index (χ0v) is 12.8. The van der Waals surface area contributed by atoms with Crippen LogP contribution in [0.4, 0.5) is 5.69 Å². The Morgan fingerprint density at radius 1 is 1.35 bits per heavy atom. The van der Waals surface area contributed by atoms with E-state index in [1.807, 2.05) is 31.2 Å². The first-order valence-corrected chi connectivity index (χ1v) is 7.64. The minimum atomic E-state index is -1.10. The molecule has 1 saturated carbocycles. The van der Waals surface area contributed by atoms with Crippen LogP contribution < -0.4 is 5.32 Å². The molecule has 1 heterocycles. The number of nitrogens with one attached hydrogen (secondary N) is 1. The molecule has 0 radical (unpaired) electrons. The SMILES string of the molecule is CCc1ccccc1NC(=O)Cn1nnc(C(=O)O)c1C1CC1. The summed E-state index contributed by atoms with van der Waals surface area (Å²) in [5, 5.41) is 19.6. The molecule has 0 spiro atoms. The van der Waals surface area contributed by atoms with Gasteiger partial charge in [-0.15, -0.1) is 5.10 Å². The number of carboxylic acids is 1. The summed E-state index contributed by atoms with van der Waals surface area (Å²) in [6.45, 7) is 1.98. The van der Waals surface area contributed by atoms with Gasteiger partial charge >= 0.3 is 5.97 Å². The van der Waals surface area contributed by atoms with Crippen LogP contribution in [0.2, 0.25) is 0 Å². The molecule has 1 aliphatic carbocycles. The first-order chi connectivity index (χ1) is 11.1. The highest BCUT2D eigenvalue weighted by atomic mass is 16.4. The molecule has 1 aromatic carbocycles. The Balaban J connectivity index is 1.77. The third kappa shape index (κ3) is 3.23. The fraction of sp³-hybridized carbons (Fsp3) is 0.375. The number of aryl methyl sites for hydroxylation is 1. The van der Waals surface area contributed by atoms with Gasteiger partial charge in [0.15, 0.2) is 5.69 Å².